The summed E-state index contributed by atoms with van der Waals surface area (Å²) in [6.07, 6.45) is 3.86. The largest absolute Gasteiger partial charge is 0.364 e. The Labute approximate surface area is 174 Å². The molecule has 2 atom stereocenters. The summed E-state index contributed by atoms with van der Waals surface area (Å²) in [7, 11) is 0. The van der Waals surface area contributed by atoms with Crippen molar-refractivity contribution in [3.05, 3.63) is 77.9 Å². The lowest BCUT2D eigenvalue weighted by Gasteiger charge is -2.40. The third-order valence-corrected chi connectivity index (χ3v) is 5.75. The molecule has 4 aromatic rings. The second-order valence-corrected chi connectivity index (χ2v) is 7.65. The zero-order valence-corrected chi connectivity index (χ0v) is 16.8. The third kappa shape index (κ3) is 2.99. The molecule has 0 radical (unpaired) electrons. The Morgan fingerprint density at radius 3 is 2.77 bits per heavy atom. The van der Waals surface area contributed by atoms with E-state index in [1.165, 1.54) is 6.33 Å². The molecule has 7 heteroatoms. The molecule has 1 aliphatic rings. The summed E-state index contributed by atoms with van der Waals surface area (Å²) in [4.78, 5) is 31.4. The van der Waals surface area contributed by atoms with Crippen LogP contribution in [0.25, 0.3) is 11.2 Å². The zero-order valence-electron chi connectivity index (χ0n) is 16.8. The van der Waals surface area contributed by atoms with Gasteiger partial charge in [-0.1, -0.05) is 36.4 Å². The van der Waals surface area contributed by atoms with Crippen molar-refractivity contribution in [3.8, 4) is 0 Å². The number of carbonyl (C=O) groups excluding carboxylic acids is 1. The van der Waals surface area contributed by atoms with E-state index < -0.39 is 0 Å². The number of hydrogen-bond acceptors (Lipinski definition) is 5. The highest BCUT2D eigenvalue weighted by Crippen LogP contribution is 2.32. The van der Waals surface area contributed by atoms with E-state index in [0.29, 0.717) is 11.5 Å². The fourth-order valence-corrected chi connectivity index (χ4v) is 4.28. The van der Waals surface area contributed by atoms with Gasteiger partial charge in [-0.3, -0.25) is 4.79 Å². The first-order valence-electron chi connectivity index (χ1n) is 10.0. The number of anilines is 2. The van der Waals surface area contributed by atoms with Gasteiger partial charge in [-0.05, 0) is 43.5 Å². The molecular formula is C23H22N6O. The quantitative estimate of drug-likeness (QED) is 0.547. The van der Waals surface area contributed by atoms with Crippen molar-refractivity contribution in [1.82, 2.24) is 19.9 Å². The van der Waals surface area contributed by atoms with Crippen molar-refractivity contribution in [2.75, 3.05) is 10.2 Å². The van der Waals surface area contributed by atoms with Gasteiger partial charge in [0.2, 0.25) is 0 Å². The summed E-state index contributed by atoms with van der Waals surface area (Å²) < 4.78 is 0. The summed E-state index contributed by atoms with van der Waals surface area (Å²) in [5, 5.41) is 3.49. The van der Waals surface area contributed by atoms with Crippen LogP contribution in [0.1, 0.15) is 28.4 Å². The normalized spacial score (nSPS) is 17.1. The molecule has 5 rings (SSSR count). The molecule has 3 heterocycles. The monoisotopic (exact) mass is 398 g/mol. The number of aryl methyl sites for hydroxylation is 1. The summed E-state index contributed by atoms with van der Waals surface area (Å²) in [5.41, 5.74) is 5.16. The number of nitrogens with zero attached hydrogens (tertiary/aromatic N) is 4. The molecule has 1 amide bonds. The molecule has 0 spiro atoms. The zero-order chi connectivity index (χ0) is 20.7. The lowest BCUT2D eigenvalue weighted by molar-refractivity contribution is 0.0964. The average molecular weight is 398 g/mol. The Morgan fingerprint density at radius 1 is 1.10 bits per heavy atom. The van der Waals surface area contributed by atoms with Crippen LogP contribution >= 0.6 is 0 Å². The Balaban J connectivity index is 1.56. The van der Waals surface area contributed by atoms with E-state index in [2.05, 4.69) is 38.2 Å². The SMILES string of the molecule is Cc1cccc2c1C(=O)N(c1ccccc1)C([C@H](C)Nc1ncnc3nc[nH]c13)C2. The van der Waals surface area contributed by atoms with Crippen molar-refractivity contribution < 1.29 is 4.79 Å². The number of rotatable bonds is 4. The predicted octanol–water partition coefficient (Wildman–Crippen LogP) is 3.73. The van der Waals surface area contributed by atoms with Gasteiger partial charge in [0.15, 0.2) is 11.5 Å². The standard InChI is InChI=1S/C23H22N6O/c1-14-7-6-8-16-11-18(29(23(30)19(14)16)17-9-4-3-5-10-17)15(2)28-22-20-21(25-12-24-20)26-13-27-22/h3-10,12-13,15,18H,11H2,1-2H3,(H2,24,25,26,27,28)/t15-,18?/m0/s1. The van der Waals surface area contributed by atoms with Crippen molar-refractivity contribution in [1.29, 1.82) is 0 Å². The van der Waals surface area contributed by atoms with Crippen LogP contribution in [0.4, 0.5) is 11.5 Å². The first-order chi connectivity index (χ1) is 14.6. The molecule has 0 saturated carbocycles. The maximum atomic E-state index is 13.6. The Hall–Kier alpha value is -3.74. The molecule has 1 unspecified atom stereocenters. The van der Waals surface area contributed by atoms with Crippen LogP contribution in [-0.2, 0) is 6.42 Å². The Morgan fingerprint density at radius 2 is 1.93 bits per heavy atom. The summed E-state index contributed by atoms with van der Waals surface area (Å²) in [6, 6.07) is 15.8. The number of hydrogen-bond donors (Lipinski definition) is 2. The van der Waals surface area contributed by atoms with Gasteiger partial charge in [0.05, 0.1) is 12.4 Å². The van der Waals surface area contributed by atoms with Crippen LogP contribution in [0.2, 0.25) is 0 Å². The van der Waals surface area contributed by atoms with E-state index >= 15 is 0 Å². The number of para-hydroxylation sites is 1. The number of aromatic amines is 1. The lowest BCUT2D eigenvalue weighted by Crippen LogP contribution is -2.53. The van der Waals surface area contributed by atoms with Crippen molar-refractivity contribution in [3.63, 3.8) is 0 Å². The number of H-pyrrole nitrogens is 1. The van der Waals surface area contributed by atoms with Crippen molar-refractivity contribution in [2.24, 2.45) is 0 Å². The number of benzene rings is 2. The van der Waals surface area contributed by atoms with Gasteiger partial charge in [0.1, 0.15) is 11.8 Å². The summed E-state index contributed by atoms with van der Waals surface area (Å²) >= 11 is 0. The highest BCUT2D eigenvalue weighted by Gasteiger charge is 2.37. The molecule has 0 saturated heterocycles. The minimum Gasteiger partial charge on any atom is -0.364 e. The molecule has 7 nitrogen and oxygen atoms in total. The van der Waals surface area contributed by atoms with E-state index in [9.17, 15) is 4.79 Å². The fraction of sp³-hybridized carbons (Fsp3) is 0.217. The van der Waals surface area contributed by atoms with Gasteiger partial charge in [-0.15, -0.1) is 0 Å². The van der Waals surface area contributed by atoms with Gasteiger partial charge in [-0.2, -0.15) is 0 Å². The molecule has 30 heavy (non-hydrogen) atoms. The Bertz CT molecular complexity index is 1220. The lowest BCUT2D eigenvalue weighted by atomic mass is 9.87. The van der Waals surface area contributed by atoms with Crippen LogP contribution in [0.15, 0.2) is 61.2 Å². The van der Waals surface area contributed by atoms with Crippen molar-refractivity contribution >= 4 is 28.6 Å². The number of fused-ring (bicyclic) bond motifs is 2. The maximum absolute atomic E-state index is 13.6. The van der Waals surface area contributed by atoms with Gasteiger partial charge >= 0.3 is 0 Å². The molecule has 1 aliphatic heterocycles. The summed E-state index contributed by atoms with van der Waals surface area (Å²) in [6.45, 7) is 4.08. The van der Waals surface area contributed by atoms with Gasteiger partial charge < -0.3 is 15.2 Å². The average Bonchev–Trinajstić information content (AvgIpc) is 3.24. The van der Waals surface area contributed by atoms with E-state index in [1.807, 2.05) is 54.3 Å². The van der Waals surface area contributed by atoms with Crippen LogP contribution in [-0.4, -0.2) is 37.9 Å². The molecule has 2 N–H and O–H groups in total. The topological polar surface area (TPSA) is 86.8 Å². The Kier molecular flexibility index (Phi) is 4.43. The van der Waals surface area contributed by atoms with Crippen LogP contribution < -0.4 is 10.2 Å². The van der Waals surface area contributed by atoms with E-state index in [0.717, 1.165) is 34.3 Å². The van der Waals surface area contributed by atoms with Crippen molar-refractivity contribution in [2.45, 2.75) is 32.4 Å². The van der Waals surface area contributed by atoms with Gasteiger partial charge in [0, 0.05) is 17.3 Å². The van der Waals surface area contributed by atoms with Crippen LogP contribution in [0.3, 0.4) is 0 Å². The molecule has 2 aromatic heterocycles. The van der Waals surface area contributed by atoms with Gasteiger partial charge in [-0.25, -0.2) is 15.0 Å². The molecule has 0 aliphatic carbocycles. The summed E-state index contributed by atoms with van der Waals surface area (Å²) in [5.74, 6) is 0.717. The van der Waals surface area contributed by atoms with E-state index in [1.54, 1.807) is 6.33 Å². The third-order valence-electron chi connectivity index (χ3n) is 5.75. The molecule has 0 fully saturated rings. The smallest absolute Gasteiger partial charge is 0.259 e. The second kappa shape index (κ2) is 7.26. The minimum atomic E-state index is -0.0814. The van der Waals surface area contributed by atoms with E-state index in [-0.39, 0.29) is 18.0 Å². The van der Waals surface area contributed by atoms with Gasteiger partial charge in [0.25, 0.3) is 5.91 Å². The van der Waals surface area contributed by atoms with Crippen LogP contribution in [0, 0.1) is 6.92 Å². The number of imidazole rings is 1. The predicted molar refractivity (Wildman–Crippen MR) is 117 cm³/mol. The maximum Gasteiger partial charge on any atom is 0.259 e. The highest BCUT2D eigenvalue weighted by molar-refractivity contribution is 6.09. The number of aromatic nitrogens is 4. The van der Waals surface area contributed by atoms with Crippen LogP contribution in [0.5, 0.6) is 0 Å². The first-order valence-corrected chi connectivity index (χ1v) is 10.0. The van der Waals surface area contributed by atoms with E-state index in [4.69, 9.17) is 0 Å². The molecular weight excluding hydrogens is 376 g/mol. The number of amides is 1. The second-order valence-electron chi connectivity index (χ2n) is 7.65. The molecule has 150 valence electrons. The minimum absolute atomic E-state index is 0.0357. The fourth-order valence-electron chi connectivity index (χ4n) is 4.28. The molecule has 2 aromatic carbocycles. The number of carbonyl (C=O) groups is 1. The highest BCUT2D eigenvalue weighted by atomic mass is 16.2. The first kappa shape index (κ1) is 18.3. The number of nitrogens with one attached hydrogen (secondary N) is 2. The molecule has 0 bridgehead atoms.